The molecule has 1 saturated carbocycles. The Kier molecular flexibility index (Phi) is 13.3. The van der Waals surface area contributed by atoms with E-state index in [4.69, 9.17) is 23.7 Å². The Morgan fingerprint density at radius 1 is 0.940 bits per heavy atom. The molecule has 2 saturated heterocycles. The molecule has 270 valence electrons. The van der Waals surface area contributed by atoms with Gasteiger partial charge in [0.25, 0.3) is 0 Å². The summed E-state index contributed by atoms with van der Waals surface area (Å²) in [6.07, 6.45) is -13.6. The summed E-state index contributed by atoms with van der Waals surface area (Å²) in [5.41, 5.74) is 1.91. The Balaban J connectivity index is 0.00000486. The molecule has 20 heteroatoms. The zero-order valence-electron chi connectivity index (χ0n) is 27.6. The van der Waals surface area contributed by atoms with Gasteiger partial charge in [-0.3, -0.25) is 0 Å². The normalized spacial score (nSPS) is 35.4. The number of hydrogen-bond acceptors (Lipinski definition) is 17. The van der Waals surface area contributed by atoms with Crippen LogP contribution in [0.1, 0.15) is 38.3 Å². The largest absolute Gasteiger partial charge is 1.00 e. The summed E-state index contributed by atoms with van der Waals surface area (Å²) in [7, 11) is 0. The fourth-order valence-electron chi connectivity index (χ4n) is 6.39. The number of carbonyl (C=O) groups is 1. The standard InChI is InChI=1S/C30H42N6O13.Na/c1-14-22(38)24(40)25(41)29(45-14)47-18-8-4-5-9-19(18)48-30-26(42)27(23(39)21(13-37)49-30)46-20(28(43)44)12-35-10-15(31-33-35)11-36-17-7-3-2-6-16(17)32-34-36;/h2-3,6-7,10,14,18-27,29-30,37-42H,4-5,8-9,11-13H2,1H3,(H,43,44);/q;+1/p-1/t14-,18+,19+,20-,21+,22+,23-,24+,25-,26+,27-,29-,30+;/m0./s1. The molecule has 0 radical (unpaired) electrons. The molecule has 2 aromatic heterocycles. The second-order valence-corrected chi connectivity index (χ2v) is 12.6. The minimum Gasteiger partial charge on any atom is -0.547 e. The quantitative estimate of drug-likeness (QED) is 0.0951. The van der Waals surface area contributed by atoms with E-state index in [2.05, 4.69) is 20.6 Å². The molecule has 4 heterocycles. The van der Waals surface area contributed by atoms with Gasteiger partial charge in [-0.2, -0.15) is 0 Å². The van der Waals surface area contributed by atoms with E-state index in [1.54, 1.807) is 4.68 Å². The van der Waals surface area contributed by atoms with Crippen LogP contribution in [0.2, 0.25) is 0 Å². The van der Waals surface area contributed by atoms with Crippen LogP contribution < -0.4 is 34.7 Å². The van der Waals surface area contributed by atoms with Gasteiger partial charge in [-0.05, 0) is 31.9 Å². The third-order valence-electron chi connectivity index (χ3n) is 9.15. The van der Waals surface area contributed by atoms with Gasteiger partial charge in [-0.15, -0.1) is 10.2 Å². The SMILES string of the molecule is C[C@@H]1O[C@@H](O[C@@H]2CCCC[C@H]2O[C@@H]2O[C@H](CO)[C@H](O)[C@H](O[C@@H](Cn3cc(Cn4nnc5ccccc54)nn3)C(=O)[O-])[C@H]2O)[C@@H](O)[C@H](O)[C@@H]1O.[Na+]. The minimum absolute atomic E-state index is 0. The number of carbonyl (C=O) groups excluding carboxylic acids is 1. The third-order valence-corrected chi connectivity index (χ3v) is 9.15. The van der Waals surface area contributed by atoms with E-state index in [1.807, 2.05) is 24.3 Å². The van der Waals surface area contributed by atoms with Crippen LogP contribution in [0.15, 0.2) is 30.5 Å². The van der Waals surface area contributed by atoms with Crippen molar-refractivity contribution in [3.05, 3.63) is 36.2 Å². The first-order valence-corrected chi connectivity index (χ1v) is 16.2. The van der Waals surface area contributed by atoms with E-state index in [1.165, 1.54) is 17.8 Å². The molecule has 3 aliphatic rings. The number of ether oxygens (including phenoxy) is 5. The van der Waals surface area contributed by atoms with Crippen molar-refractivity contribution in [2.24, 2.45) is 0 Å². The first-order chi connectivity index (χ1) is 23.5. The van der Waals surface area contributed by atoms with Gasteiger partial charge in [0.05, 0.1) is 55.7 Å². The molecule has 19 nitrogen and oxygen atoms in total. The fraction of sp³-hybridized carbons (Fsp3) is 0.700. The summed E-state index contributed by atoms with van der Waals surface area (Å²) in [4.78, 5) is 12.2. The number of fused-ring (bicyclic) bond motifs is 1. The molecular weight excluding hydrogens is 675 g/mol. The summed E-state index contributed by atoms with van der Waals surface area (Å²) in [6.45, 7) is 0.615. The minimum atomic E-state index is -1.73. The molecule has 0 unspecified atom stereocenters. The number of carboxylic acids is 1. The summed E-state index contributed by atoms with van der Waals surface area (Å²) < 4.78 is 31.9. The molecule has 6 N–H and O–H groups in total. The number of aliphatic hydroxyl groups is 6. The van der Waals surface area contributed by atoms with Crippen LogP contribution in [0.4, 0.5) is 0 Å². The maximum absolute atomic E-state index is 12.2. The van der Waals surface area contributed by atoms with Gasteiger partial charge in [0.15, 0.2) is 12.6 Å². The molecule has 2 aliphatic heterocycles. The predicted molar refractivity (Wildman–Crippen MR) is 159 cm³/mol. The average molecular weight is 717 g/mol. The summed E-state index contributed by atoms with van der Waals surface area (Å²) in [6, 6.07) is 7.33. The van der Waals surface area contributed by atoms with E-state index < -0.39 is 98.8 Å². The monoisotopic (exact) mass is 716 g/mol. The predicted octanol–water partition coefficient (Wildman–Crippen LogP) is -6.81. The number of aliphatic hydroxyl groups excluding tert-OH is 6. The van der Waals surface area contributed by atoms with Crippen LogP contribution in [-0.4, -0.2) is 153 Å². The van der Waals surface area contributed by atoms with E-state index in [0.29, 0.717) is 30.5 Å². The van der Waals surface area contributed by atoms with Crippen molar-refractivity contribution < 1.29 is 93.8 Å². The second kappa shape index (κ2) is 17.1. The van der Waals surface area contributed by atoms with E-state index >= 15 is 0 Å². The van der Waals surface area contributed by atoms with Gasteiger partial charge in [0.1, 0.15) is 60.0 Å². The Labute approximate surface area is 307 Å². The van der Waals surface area contributed by atoms with Crippen molar-refractivity contribution in [3.63, 3.8) is 0 Å². The first-order valence-electron chi connectivity index (χ1n) is 16.2. The van der Waals surface area contributed by atoms with Gasteiger partial charge in [-0.1, -0.05) is 35.4 Å². The van der Waals surface area contributed by atoms with Crippen molar-refractivity contribution in [1.29, 1.82) is 0 Å². The Bertz CT molecular complexity index is 1550. The number of nitrogens with zero attached hydrogens (tertiary/aromatic N) is 6. The number of benzene rings is 1. The van der Waals surface area contributed by atoms with E-state index in [-0.39, 0.29) is 36.1 Å². The summed E-state index contributed by atoms with van der Waals surface area (Å²) >= 11 is 0. The Morgan fingerprint density at radius 2 is 1.62 bits per heavy atom. The van der Waals surface area contributed by atoms with Crippen LogP contribution in [0.3, 0.4) is 0 Å². The smallest absolute Gasteiger partial charge is 0.547 e. The number of rotatable bonds is 12. The maximum atomic E-state index is 12.2. The zero-order chi connectivity index (χ0) is 34.8. The molecule has 0 amide bonds. The van der Waals surface area contributed by atoms with Crippen molar-refractivity contribution in [3.8, 4) is 0 Å². The first kappa shape index (κ1) is 39.0. The van der Waals surface area contributed by atoms with Gasteiger partial charge < -0.3 is 64.2 Å². The van der Waals surface area contributed by atoms with Crippen molar-refractivity contribution in [1.82, 2.24) is 30.0 Å². The molecule has 1 aromatic carbocycles. The Hall–Kier alpha value is -2.21. The Morgan fingerprint density at radius 3 is 2.30 bits per heavy atom. The molecular formula is C30H41N6NaO13. The third kappa shape index (κ3) is 8.53. The van der Waals surface area contributed by atoms with E-state index in [9.17, 15) is 40.5 Å². The second-order valence-electron chi connectivity index (χ2n) is 12.6. The molecule has 3 aromatic rings. The van der Waals surface area contributed by atoms with Crippen molar-refractivity contribution in [2.45, 2.75) is 125 Å². The number of aromatic nitrogens is 6. The number of aliphatic carboxylic acids is 1. The maximum Gasteiger partial charge on any atom is 1.00 e. The molecule has 0 bridgehead atoms. The molecule has 3 fully saturated rings. The fourth-order valence-corrected chi connectivity index (χ4v) is 6.39. The van der Waals surface area contributed by atoms with Crippen LogP contribution in [0, 0.1) is 0 Å². The van der Waals surface area contributed by atoms with Crippen LogP contribution in [0.5, 0.6) is 0 Å². The molecule has 0 spiro atoms. The molecule has 50 heavy (non-hydrogen) atoms. The van der Waals surface area contributed by atoms with Crippen LogP contribution in [0.25, 0.3) is 11.0 Å². The number of hydrogen-bond donors (Lipinski definition) is 6. The molecule has 1 aliphatic carbocycles. The van der Waals surface area contributed by atoms with Gasteiger partial charge in [-0.25, -0.2) is 9.36 Å². The van der Waals surface area contributed by atoms with Crippen molar-refractivity contribution >= 4 is 17.0 Å². The topological polar surface area (TPSA) is 269 Å². The van der Waals surface area contributed by atoms with E-state index in [0.717, 1.165) is 11.9 Å². The summed E-state index contributed by atoms with van der Waals surface area (Å²) in [5, 5.41) is 91.3. The number of para-hydroxylation sites is 1. The van der Waals surface area contributed by atoms with Gasteiger partial charge in [0.2, 0.25) is 0 Å². The average Bonchev–Trinajstić information content (AvgIpc) is 3.72. The molecule has 13 atom stereocenters. The summed E-state index contributed by atoms with van der Waals surface area (Å²) in [5.74, 6) is -1.66. The van der Waals surface area contributed by atoms with Crippen LogP contribution in [-0.2, 0) is 41.6 Å². The number of carboxylic acid groups (broad SMARTS) is 1. The molecule has 6 rings (SSSR count). The van der Waals surface area contributed by atoms with Gasteiger partial charge in [0, 0.05) is 0 Å². The van der Waals surface area contributed by atoms with Crippen molar-refractivity contribution in [2.75, 3.05) is 6.61 Å². The zero-order valence-corrected chi connectivity index (χ0v) is 29.6. The van der Waals surface area contributed by atoms with Gasteiger partial charge >= 0.3 is 29.6 Å². The van der Waals surface area contributed by atoms with Crippen LogP contribution >= 0.6 is 0 Å².